The highest BCUT2D eigenvalue weighted by Crippen LogP contribution is 2.24. The van der Waals surface area contributed by atoms with E-state index in [0.717, 1.165) is 17.0 Å². The molecule has 0 bridgehead atoms. The van der Waals surface area contributed by atoms with Crippen LogP contribution in [0.3, 0.4) is 0 Å². The van der Waals surface area contributed by atoms with E-state index in [4.69, 9.17) is 0 Å². The van der Waals surface area contributed by atoms with Gasteiger partial charge in [0.25, 0.3) is 5.91 Å². The Morgan fingerprint density at radius 2 is 1.75 bits per heavy atom. The van der Waals surface area contributed by atoms with Gasteiger partial charge in [-0.25, -0.2) is 19.0 Å². The number of carbonyl (C=O) groups excluding carboxylic acids is 1. The zero-order valence-corrected chi connectivity index (χ0v) is 18.3. The van der Waals surface area contributed by atoms with E-state index in [1.165, 1.54) is 28.6 Å². The quantitative estimate of drug-likeness (QED) is 0.341. The Hall–Kier alpha value is -3.66. The van der Waals surface area contributed by atoms with E-state index in [9.17, 15) is 9.18 Å². The molecule has 4 aromatic rings. The second kappa shape index (κ2) is 9.65. The summed E-state index contributed by atoms with van der Waals surface area (Å²) in [6.07, 6.45) is 3.33. The lowest BCUT2D eigenvalue weighted by atomic mass is 10.2. The summed E-state index contributed by atoms with van der Waals surface area (Å²) in [6.45, 7) is 4.14. The first kappa shape index (κ1) is 21.6. The van der Waals surface area contributed by atoms with Crippen LogP contribution in [-0.4, -0.2) is 35.9 Å². The van der Waals surface area contributed by atoms with Crippen molar-refractivity contribution in [2.24, 2.45) is 0 Å². The Kier molecular flexibility index (Phi) is 6.50. The van der Waals surface area contributed by atoms with Gasteiger partial charge in [0, 0.05) is 36.1 Å². The lowest BCUT2D eigenvalue weighted by Crippen LogP contribution is -2.24. The monoisotopic (exact) mass is 449 g/mol. The molecule has 0 fully saturated rings. The molecule has 10 heteroatoms. The van der Waals surface area contributed by atoms with Crippen LogP contribution in [0, 0.1) is 19.7 Å². The van der Waals surface area contributed by atoms with Crippen LogP contribution in [0.1, 0.15) is 33.1 Å². The van der Waals surface area contributed by atoms with Gasteiger partial charge in [0.15, 0.2) is 10.9 Å². The van der Waals surface area contributed by atoms with Crippen LogP contribution in [0.5, 0.6) is 0 Å². The number of hydrogen-bond donors (Lipinski definition) is 1. The number of nitrogens with one attached hydrogen (secondary N) is 1. The Labute approximate surface area is 188 Å². The molecule has 0 aliphatic rings. The van der Waals surface area contributed by atoms with Crippen molar-refractivity contribution >= 4 is 17.7 Å². The molecule has 0 saturated carbocycles. The third-order valence-electron chi connectivity index (χ3n) is 4.55. The van der Waals surface area contributed by atoms with Gasteiger partial charge in [-0.3, -0.25) is 9.78 Å². The summed E-state index contributed by atoms with van der Waals surface area (Å²) >= 11 is 1.38. The number of aryl methyl sites for hydroxylation is 2. The van der Waals surface area contributed by atoms with Crippen molar-refractivity contribution in [2.75, 3.05) is 0 Å². The molecule has 1 N–H and O–H groups in total. The van der Waals surface area contributed by atoms with E-state index in [-0.39, 0.29) is 17.4 Å². The summed E-state index contributed by atoms with van der Waals surface area (Å²) in [5.41, 5.74) is 4.00. The largest absolute Gasteiger partial charge is 0.347 e. The number of rotatable bonds is 7. The van der Waals surface area contributed by atoms with Gasteiger partial charge in [-0.15, -0.1) is 5.10 Å². The molecule has 8 nitrogen and oxygen atoms in total. The molecule has 0 saturated heterocycles. The van der Waals surface area contributed by atoms with Crippen LogP contribution in [0.25, 0.3) is 5.69 Å². The smallest absolute Gasteiger partial charge is 0.274 e. The Morgan fingerprint density at radius 3 is 2.44 bits per heavy atom. The van der Waals surface area contributed by atoms with Crippen molar-refractivity contribution in [1.29, 1.82) is 0 Å². The fraction of sp³-hybridized carbons (Fsp3) is 0.182. The van der Waals surface area contributed by atoms with Crippen molar-refractivity contribution < 1.29 is 9.18 Å². The van der Waals surface area contributed by atoms with Crippen molar-refractivity contribution in [2.45, 2.75) is 31.3 Å². The van der Waals surface area contributed by atoms with Crippen molar-refractivity contribution in [3.63, 3.8) is 0 Å². The molecule has 1 amide bonds. The van der Waals surface area contributed by atoms with Gasteiger partial charge in [0.2, 0.25) is 0 Å². The molecule has 0 radical (unpaired) electrons. The fourth-order valence-electron chi connectivity index (χ4n) is 3.05. The third-order valence-corrected chi connectivity index (χ3v) is 5.41. The zero-order chi connectivity index (χ0) is 22.5. The molecule has 3 aromatic heterocycles. The summed E-state index contributed by atoms with van der Waals surface area (Å²) in [4.78, 5) is 25.8. The molecule has 162 valence electrons. The number of thioether (sulfide) groups is 1. The van der Waals surface area contributed by atoms with Crippen molar-refractivity contribution in [3.8, 4) is 5.69 Å². The SMILES string of the molecule is Cc1cc(C)nc(SCc2c(C(=O)NCc3ccncc3)nnn2-c2ccc(F)cc2)n1. The van der Waals surface area contributed by atoms with E-state index >= 15 is 0 Å². The van der Waals surface area contributed by atoms with Crippen LogP contribution in [-0.2, 0) is 12.3 Å². The molecule has 3 heterocycles. The van der Waals surface area contributed by atoms with Crippen LogP contribution in [0.4, 0.5) is 4.39 Å². The number of pyridine rings is 1. The van der Waals surface area contributed by atoms with Gasteiger partial charge in [0.1, 0.15) is 5.82 Å². The van der Waals surface area contributed by atoms with E-state index in [2.05, 4.69) is 30.6 Å². The van der Waals surface area contributed by atoms with E-state index in [1.54, 1.807) is 24.5 Å². The van der Waals surface area contributed by atoms with Gasteiger partial charge < -0.3 is 5.32 Å². The van der Waals surface area contributed by atoms with E-state index < -0.39 is 0 Å². The van der Waals surface area contributed by atoms with Crippen LogP contribution in [0.15, 0.2) is 60.0 Å². The van der Waals surface area contributed by atoms with E-state index in [1.807, 2.05) is 32.0 Å². The number of amides is 1. The molecule has 1 aromatic carbocycles. The molecule has 0 atom stereocenters. The second-order valence-corrected chi connectivity index (χ2v) is 7.98. The van der Waals surface area contributed by atoms with Gasteiger partial charge >= 0.3 is 0 Å². The average Bonchev–Trinajstić information content (AvgIpc) is 3.20. The Balaban J connectivity index is 1.61. The standard InChI is InChI=1S/C22H20FN7OS/c1-14-11-15(2)27-22(26-14)32-13-19-20(21(31)25-12-16-7-9-24-10-8-16)28-29-30(19)18-5-3-17(23)4-6-18/h3-11H,12-13H2,1-2H3,(H,25,31). The molecule has 0 aliphatic carbocycles. The van der Waals surface area contributed by atoms with Crippen LogP contribution in [0.2, 0.25) is 0 Å². The lowest BCUT2D eigenvalue weighted by Gasteiger charge is -2.09. The highest BCUT2D eigenvalue weighted by atomic mass is 32.2. The highest BCUT2D eigenvalue weighted by molar-refractivity contribution is 7.98. The summed E-state index contributed by atoms with van der Waals surface area (Å²) < 4.78 is 14.9. The first-order valence-electron chi connectivity index (χ1n) is 9.82. The topological polar surface area (TPSA) is 98.5 Å². The summed E-state index contributed by atoms with van der Waals surface area (Å²) in [6, 6.07) is 11.4. The van der Waals surface area contributed by atoms with Gasteiger partial charge in [-0.1, -0.05) is 17.0 Å². The number of nitrogens with zero attached hydrogens (tertiary/aromatic N) is 6. The maximum Gasteiger partial charge on any atom is 0.274 e. The molecule has 4 rings (SSSR count). The van der Waals surface area contributed by atoms with Crippen molar-refractivity contribution in [1.82, 2.24) is 35.3 Å². The third kappa shape index (κ3) is 5.14. The van der Waals surface area contributed by atoms with Crippen LogP contribution >= 0.6 is 11.8 Å². The fourth-order valence-corrected chi connectivity index (χ4v) is 4.00. The number of hydrogen-bond acceptors (Lipinski definition) is 7. The molecule has 32 heavy (non-hydrogen) atoms. The van der Waals surface area contributed by atoms with Crippen molar-refractivity contribution in [3.05, 3.63) is 89.0 Å². The maximum atomic E-state index is 13.4. The maximum absolute atomic E-state index is 13.4. The molecule has 0 aliphatic heterocycles. The summed E-state index contributed by atoms with van der Waals surface area (Å²) in [7, 11) is 0. The molecular weight excluding hydrogens is 429 g/mol. The zero-order valence-electron chi connectivity index (χ0n) is 17.5. The molecular formula is C22H20FN7OS. The minimum Gasteiger partial charge on any atom is -0.347 e. The van der Waals surface area contributed by atoms with Crippen LogP contribution < -0.4 is 5.32 Å². The second-order valence-electron chi connectivity index (χ2n) is 7.03. The number of halogens is 1. The Bertz CT molecular complexity index is 1210. The minimum atomic E-state index is -0.358. The first-order valence-corrected chi connectivity index (χ1v) is 10.8. The van der Waals surface area contributed by atoms with Gasteiger partial charge in [-0.05, 0) is 61.9 Å². The summed E-state index contributed by atoms with van der Waals surface area (Å²) in [5.74, 6) is -0.360. The number of aromatic nitrogens is 6. The minimum absolute atomic E-state index is 0.195. The van der Waals surface area contributed by atoms with Gasteiger partial charge in [0.05, 0.1) is 11.4 Å². The number of carbonyl (C=O) groups is 1. The molecule has 0 unspecified atom stereocenters. The highest BCUT2D eigenvalue weighted by Gasteiger charge is 2.21. The normalized spacial score (nSPS) is 10.8. The number of benzene rings is 1. The summed E-state index contributed by atoms with van der Waals surface area (Å²) in [5, 5.41) is 11.7. The Morgan fingerprint density at radius 1 is 1.06 bits per heavy atom. The molecule has 0 spiro atoms. The average molecular weight is 450 g/mol. The van der Waals surface area contributed by atoms with E-state index in [0.29, 0.717) is 28.8 Å². The lowest BCUT2D eigenvalue weighted by molar-refractivity contribution is 0.0945. The predicted molar refractivity (Wildman–Crippen MR) is 118 cm³/mol. The predicted octanol–water partition coefficient (Wildman–Crippen LogP) is 3.43. The van der Waals surface area contributed by atoms with Gasteiger partial charge in [-0.2, -0.15) is 0 Å². The first-order chi connectivity index (χ1) is 15.5.